The number of amides is 1. The number of H-pyrrole nitrogens is 1. The summed E-state index contributed by atoms with van der Waals surface area (Å²) < 4.78 is 11.5. The lowest BCUT2D eigenvalue weighted by Crippen LogP contribution is -2.23. The molecular weight excluding hydrogens is 294 g/mol. The molecule has 0 saturated heterocycles. The van der Waals surface area contributed by atoms with Gasteiger partial charge in [-0.05, 0) is 12.0 Å². The molecule has 122 valence electrons. The van der Waals surface area contributed by atoms with E-state index >= 15 is 0 Å². The van der Waals surface area contributed by atoms with Crippen LogP contribution in [0.1, 0.15) is 37.3 Å². The predicted octanol–water partition coefficient (Wildman–Crippen LogP) is 2.93. The third-order valence-corrected chi connectivity index (χ3v) is 3.86. The highest BCUT2D eigenvalue weighted by molar-refractivity contribution is 5.94. The molecule has 0 aliphatic carbocycles. The van der Waals surface area contributed by atoms with Crippen molar-refractivity contribution < 1.29 is 14.3 Å². The molecule has 6 nitrogen and oxygen atoms in total. The molecule has 1 unspecified atom stereocenters. The van der Waals surface area contributed by atoms with Crippen molar-refractivity contribution in [3.8, 4) is 11.5 Å². The molecule has 1 aliphatic heterocycles. The van der Waals surface area contributed by atoms with E-state index in [0.717, 1.165) is 11.1 Å². The first kappa shape index (κ1) is 15.4. The Labute approximate surface area is 135 Å². The number of ether oxygens (including phenoxy) is 2. The molecule has 1 amide bonds. The average Bonchev–Trinajstić information content (AvgIpc) is 2.99. The van der Waals surface area contributed by atoms with Crippen LogP contribution >= 0.6 is 0 Å². The number of para-hydroxylation sites is 1. The standard InChI is InChI=1S/C17H21N3O3/c1-10(2)9-23-16-11(5-4-6-14(16)22-3)12-7-15(21)19-17-13(12)8-18-20-17/h4-6,8,10,12H,7,9H2,1-3H3,(H2,18,19,20,21). The Kier molecular flexibility index (Phi) is 4.23. The third-order valence-electron chi connectivity index (χ3n) is 3.86. The first-order chi connectivity index (χ1) is 11.1. The molecule has 2 N–H and O–H groups in total. The largest absolute Gasteiger partial charge is 0.493 e. The zero-order valence-corrected chi connectivity index (χ0v) is 13.6. The molecule has 2 heterocycles. The third kappa shape index (κ3) is 3.02. The highest BCUT2D eigenvalue weighted by Crippen LogP contribution is 2.43. The summed E-state index contributed by atoms with van der Waals surface area (Å²) in [5.74, 6) is 2.30. The molecule has 1 aromatic heterocycles. The number of aromatic amines is 1. The Hall–Kier alpha value is -2.50. The highest BCUT2D eigenvalue weighted by atomic mass is 16.5. The maximum Gasteiger partial charge on any atom is 0.226 e. The molecule has 1 atom stereocenters. The van der Waals surface area contributed by atoms with Gasteiger partial charge < -0.3 is 14.8 Å². The van der Waals surface area contributed by atoms with Gasteiger partial charge in [0.25, 0.3) is 0 Å². The van der Waals surface area contributed by atoms with Crippen molar-refractivity contribution in [3.05, 3.63) is 35.5 Å². The lowest BCUT2D eigenvalue weighted by atomic mass is 9.86. The van der Waals surface area contributed by atoms with Gasteiger partial charge in [0.05, 0.1) is 19.9 Å². The molecule has 0 bridgehead atoms. The molecule has 0 saturated carbocycles. The number of hydrogen-bond acceptors (Lipinski definition) is 4. The van der Waals surface area contributed by atoms with Gasteiger partial charge in [0, 0.05) is 23.5 Å². The van der Waals surface area contributed by atoms with Crippen molar-refractivity contribution in [2.75, 3.05) is 19.0 Å². The number of aromatic nitrogens is 2. The predicted molar refractivity (Wildman–Crippen MR) is 87.0 cm³/mol. The van der Waals surface area contributed by atoms with Crippen LogP contribution in [-0.2, 0) is 4.79 Å². The number of carbonyl (C=O) groups excluding carboxylic acids is 1. The van der Waals surface area contributed by atoms with Crippen LogP contribution in [0.5, 0.6) is 11.5 Å². The van der Waals surface area contributed by atoms with Crippen LogP contribution in [0.15, 0.2) is 24.4 Å². The van der Waals surface area contributed by atoms with Crippen molar-refractivity contribution in [2.24, 2.45) is 5.92 Å². The molecule has 0 fully saturated rings. The Morgan fingerprint density at radius 1 is 1.35 bits per heavy atom. The fourth-order valence-corrected chi connectivity index (χ4v) is 2.80. The van der Waals surface area contributed by atoms with Crippen LogP contribution < -0.4 is 14.8 Å². The Morgan fingerprint density at radius 2 is 2.17 bits per heavy atom. The minimum absolute atomic E-state index is 0.0376. The summed E-state index contributed by atoms with van der Waals surface area (Å²) >= 11 is 0. The highest BCUT2D eigenvalue weighted by Gasteiger charge is 2.31. The zero-order valence-electron chi connectivity index (χ0n) is 13.6. The van der Waals surface area contributed by atoms with E-state index in [2.05, 4.69) is 29.4 Å². The molecule has 3 rings (SSSR count). The molecule has 0 radical (unpaired) electrons. The number of methoxy groups -OCH3 is 1. The van der Waals surface area contributed by atoms with Crippen LogP contribution in [0.4, 0.5) is 5.82 Å². The van der Waals surface area contributed by atoms with Gasteiger partial charge >= 0.3 is 0 Å². The molecule has 6 heteroatoms. The van der Waals surface area contributed by atoms with Gasteiger partial charge in [-0.3, -0.25) is 9.89 Å². The molecule has 0 spiro atoms. The Bertz CT molecular complexity index is 709. The summed E-state index contributed by atoms with van der Waals surface area (Å²) in [6.45, 7) is 4.78. The smallest absolute Gasteiger partial charge is 0.226 e. The number of hydrogen-bond donors (Lipinski definition) is 2. The number of rotatable bonds is 5. The first-order valence-corrected chi connectivity index (χ1v) is 7.73. The van der Waals surface area contributed by atoms with E-state index < -0.39 is 0 Å². The fraction of sp³-hybridized carbons (Fsp3) is 0.412. The average molecular weight is 315 g/mol. The van der Waals surface area contributed by atoms with Gasteiger partial charge in [0.15, 0.2) is 11.5 Å². The summed E-state index contributed by atoms with van der Waals surface area (Å²) in [5.41, 5.74) is 1.91. The van der Waals surface area contributed by atoms with Crippen LogP contribution in [0.25, 0.3) is 0 Å². The van der Waals surface area contributed by atoms with E-state index in [0.29, 0.717) is 36.3 Å². The van der Waals surface area contributed by atoms with Gasteiger partial charge in [-0.15, -0.1) is 0 Å². The second-order valence-corrected chi connectivity index (χ2v) is 6.09. The van der Waals surface area contributed by atoms with Gasteiger partial charge in [0.1, 0.15) is 5.82 Å². The fourth-order valence-electron chi connectivity index (χ4n) is 2.80. The maximum atomic E-state index is 12.0. The lowest BCUT2D eigenvalue weighted by molar-refractivity contribution is -0.116. The molecule has 23 heavy (non-hydrogen) atoms. The van der Waals surface area contributed by atoms with Crippen LogP contribution in [0, 0.1) is 5.92 Å². The van der Waals surface area contributed by atoms with E-state index in [4.69, 9.17) is 9.47 Å². The van der Waals surface area contributed by atoms with Gasteiger partial charge in [0.2, 0.25) is 5.91 Å². The van der Waals surface area contributed by atoms with E-state index in [1.165, 1.54) is 0 Å². The van der Waals surface area contributed by atoms with Crippen molar-refractivity contribution >= 4 is 11.7 Å². The molecule has 2 aromatic rings. The maximum absolute atomic E-state index is 12.0. The second-order valence-electron chi connectivity index (χ2n) is 6.09. The van der Waals surface area contributed by atoms with E-state index in [9.17, 15) is 4.79 Å². The first-order valence-electron chi connectivity index (χ1n) is 7.73. The summed E-state index contributed by atoms with van der Waals surface area (Å²) in [7, 11) is 1.62. The van der Waals surface area contributed by atoms with Gasteiger partial charge in [-0.2, -0.15) is 5.10 Å². The number of anilines is 1. The minimum Gasteiger partial charge on any atom is -0.493 e. The van der Waals surface area contributed by atoms with Gasteiger partial charge in [-0.25, -0.2) is 0 Å². The van der Waals surface area contributed by atoms with Gasteiger partial charge in [-0.1, -0.05) is 26.0 Å². The SMILES string of the molecule is COc1cccc(C2CC(=O)Nc3[nH]ncc32)c1OCC(C)C. The number of nitrogens with one attached hydrogen (secondary N) is 2. The normalized spacial score (nSPS) is 16.9. The van der Waals surface area contributed by atoms with E-state index in [1.807, 2.05) is 18.2 Å². The quantitative estimate of drug-likeness (QED) is 0.889. The van der Waals surface area contributed by atoms with Crippen molar-refractivity contribution in [2.45, 2.75) is 26.2 Å². The monoisotopic (exact) mass is 315 g/mol. The number of fused-ring (bicyclic) bond motifs is 1. The van der Waals surface area contributed by atoms with Crippen molar-refractivity contribution in [1.82, 2.24) is 10.2 Å². The number of benzene rings is 1. The second kappa shape index (κ2) is 6.32. The zero-order chi connectivity index (χ0) is 16.4. The van der Waals surface area contributed by atoms with E-state index in [1.54, 1.807) is 13.3 Å². The van der Waals surface area contributed by atoms with Crippen molar-refractivity contribution in [1.29, 1.82) is 0 Å². The Balaban J connectivity index is 2.04. The minimum atomic E-state index is -0.102. The van der Waals surface area contributed by atoms with Crippen LogP contribution in [0.2, 0.25) is 0 Å². The summed E-state index contributed by atoms with van der Waals surface area (Å²) in [5, 5.41) is 9.69. The molecule has 1 aromatic carbocycles. The summed E-state index contributed by atoms with van der Waals surface area (Å²) in [6.07, 6.45) is 2.11. The summed E-state index contributed by atoms with van der Waals surface area (Å²) in [6, 6.07) is 5.78. The number of nitrogens with zero attached hydrogens (tertiary/aromatic N) is 1. The Morgan fingerprint density at radius 3 is 2.91 bits per heavy atom. The van der Waals surface area contributed by atoms with E-state index in [-0.39, 0.29) is 11.8 Å². The lowest BCUT2D eigenvalue weighted by Gasteiger charge is -2.25. The van der Waals surface area contributed by atoms with Crippen molar-refractivity contribution in [3.63, 3.8) is 0 Å². The van der Waals surface area contributed by atoms with Crippen LogP contribution in [0.3, 0.4) is 0 Å². The van der Waals surface area contributed by atoms with Crippen LogP contribution in [-0.4, -0.2) is 29.8 Å². The molecule has 1 aliphatic rings. The topological polar surface area (TPSA) is 76.2 Å². The number of carbonyl (C=O) groups is 1. The molecular formula is C17H21N3O3. The summed E-state index contributed by atoms with van der Waals surface area (Å²) in [4.78, 5) is 12.0.